The molecule has 0 bridgehead atoms. The molecule has 1 atom stereocenters. The van der Waals surface area contributed by atoms with Crippen molar-refractivity contribution in [2.24, 2.45) is 0 Å². The highest BCUT2D eigenvalue weighted by Crippen LogP contribution is 2.26. The summed E-state index contributed by atoms with van der Waals surface area (Å²) in [6.07, 6.45) is 7.05. The number of piperidine rings is 1. The van der Waals surface area contributed by atoms with Crippen molar-refractivity contribution in [1.29, 1.82) is 0 Å². The first-order chi connectivity index (χ1) is 9.67. The molecule has 0 saturated carbocycles. The van der Waals surface area contributed by atoms with Gasteiger partial charge in [-0.1, -0.05) is 6.92 Å². The summed E-state index contributed by atoms with van der Waals surface area (Å²) < 4.78 is 5.64. The second kappa shape index (κ2) is 6.99. The van der Waals surface area contributed by atoms with Crippen LogP contribution < -0.4 is 10.2 Å². The van der Waals surface area contributed by atoms with E-state index < -0.39 is 0 Å². The third-order valence-electron chi connectivity index (χ3n) is 3.88. The van der Waals surface area contributed by atoms with E-state index in [2.05, 4.69) is 29.0 Å². The average molecular weight is 278 g/mol. The summed E-state index contributed by atoms with van der Waals surface area (Å²) >= 11 is 0. The molecule has 1 aromatic heterocycles. The molecule has 2 heterocycles. The number of nitrogens with zero attached hydrogens (tertiary/aromatic N) is 3. The number of nitrogens with one attached hydrogen (secondary N) is 1. The highest BCUT2D eigenvalue weighted by molar-refractivity contribution is 5.37. The van der Waals surface area contributed by atoms with Crippen molar-refractivity contribution >= 4 is 5.82 Å². The highest BCUT2D eigenvalue weighted by Gasteiger charge is 2.31. The third kappa shape index (κ3) is 3.90. The Hall–Kier alpha value is -1.20. The zero-order valence-corrected chi connectivity index (χ0v) is 12.9. The van der Waals surface area contributed by atoms with Crippen molar-refractivity contribution in [1.82, 2.24) is 15.3 Å². The molecule has 1 fully saturated rings. The average Bonchev–Trinajstić information content (AvgIpc) is 2.48. The van der Waals surface area contributed by atoms with E-state index in [-0.39, 0.29) is 5.60 Å². The van der Waals surface area contributed by atoms with Gasteiger partial charge >= 0.3 is 0 Å². The Bertz CT molecular complexity index is 426. The van der Waals surface area contributed by atoms with E-state index in [1.165, 1.54) is 0 Å². The van der Waals surface area contributed by atoms with Gasteiger partial charge in [0.2, 0.25) is 0 Å². The molecule has 1 aromatic rings. The van der Waals surface area contributed by atoms with Crippen LogP contribution in [-0.4, -0.2) is 42.3 Å². The summed E-state index contributed by atoms with van der Waals surface area (Å²) in [6.45, 7) is 8.03. The van der Waals surface area contributed by atoms with Gasteiger partial charge in [0.05, 0.1) is 17.5 Å². The fourth-order valence-corrected chi connectivity index (χ4v) is 2.59. The topological polar surface area (TPSA) is 50.3 Å². The van der Waals surface area contributed by atoms with Gasteiger partial charge in [-0.3, -0.25) is 4.98 Å². The van der Waals surface area contributed by atoms with Crippen molar-refractivity contribution in [3.63, 3.8) is 0 Å². The molecule has 1 saturated heterocycles. The first kappa shape index (κ1) is 15.2. The molecule has 20 heavy (non-hydrogen) atoms. The van der Waals surface area contributed by atoms with Crippen LogP contribution in [0.25, 0.3) is 0 Å². The van der Waals surface area contributed by atoms with Crippen molar-refractivity contribution < 1.29 is 4.74 Å². The molecule has 1 aliphatic heterocycles. The molecule has 1 aliphatic rings. The Morgan fingerprint density at radius 3 is 3.05 bits per heavy atom. The van der Waals surface area contributed by atoms with Crippen LogP contribution >= 0.6 is 0 Å². The van der Waals surface area contributed by atoms with Gasteiger partial charge in [0.1, 0.15) is 5.82 Å². The molecule has 5 nitrogen and oxygen atoms in total. The van der Waals surface area contributed by atoms with Gasteiger partial charge in [-0.15, -0.1) is 0 Å². The van der Waals surface area contributed by atoms with E-state index in [4.69, 9.17) is 9.72 Å². The zero-order chi connectivity index (χ0) is 14.4. The number of rotatable bonds is 6. The molecule has 0 aromatic carbocycles. The van der Waals surface area contributed by atoms with Gasteiger partial charge in [0, 0.05) is 32.9 Å². The summed E-state index contributed by atoms with van der Waals surface area (Å²) in [5.74, 6) is 0.962. The van der Waals surface area contributed by atoms with E-state index >= 15 is 0 Å². The molecule has 0 aliphatic carbocycles. The summed E-state index contributed by atoms with van der Waals surface area (Å²) in [6, 6.07) is 0. The van der Waals surface area contributed by atoms with Crippen molar-refractivity contribution in [3.05, 3.63) is 18.1 Å². The van der Waals surface area contributed by atoms with Crippen LogP contribution in [-0.2, 0) is 11.3 Å². The number of anilines is 1. The number of hydrogen-bond donors (Lipinski definition) is 1. The standard InChI is InChI=1S/C15H26N4O/c1-4-7-16-9-13-10-17-11-14(18-13)19-8-5-6-15(2,12-19)20-3/h10-11,16H,4-9,12H2,1-3H3. The Morgan fingerprint density at radius 2 is 2.30 bits per heavy atom. The fraction of sp³-hybridized carbons (Fsp3) is 0.733. The third-order valence-corrected chi connectivity index (χ3v) is 3.88. The minimum atomic E-state index is -0.0730. The number of aromatic nitrogens is 2. The van der Waals surface area contributed by atoms with Gasteiger partial charge in [-0.05, 0) is 32.7 Å². The van der Waals surface area contributed by atoms with Crippen LogP contribution in [0, 0.1) is 0 Å². The Balaban J connectivity index is 2.02. The predicted molar refractivity (Wildman–Crippen MR) is 80.9 cm³/mol. The van der Waals surface area contributed by atoms with E-state index in [0.29, 0.717) is 0 Å². The minimum Gasteiger partial charge on any atom is -0.377 e. The summed E-state index contributed by atoms with van der Waals surface area (Å²) in [7, 11) is 1.79. The highest BCUT2D eigenvalue weighted by atomic mass is 16.5. The minimum absolute atomic E-state index is 0.0730. The van der Waals surface area contributed by atoms with Crippen molar-refractivity contribution in [2.75, 3.05) is 31.6 Å². The monoisotopic (exact) mass is 278 g/mol. The van der Waals surface area contributed by atoms with Crippen molar-refractivity contribution in [3.8, 4) is 0 Å². The maximum absolute atomic E-state index is 5.64. The fourth-order valence-electron chi connectivity index (χ4n) is 2.59. The van der Waals surface area contributed by atoms with Gasteiger partial charge in [0.25, 0.3) is 0 Å². The zero-order valence-electron chi connectivity index (χ0n) is 12.9. The first-order valence-corrected chi connectivity index (χ1v) is 7.48. The van der Waals surface area contributed by atoms with Gasteiger partial charge in [0.15, 0.2) is 0 Å². The lowest BCUT2D eigenvalue weighted by Gasteiger charge is -2.40. The van der Waals surface area contributed by atoms with E-state index in [1.54, 1.807) is 7.11 Å². The van der Waals surface area contributed by atoms with E-state index in [0.717, 1.165) is 57.0 Å². The lowest BCUT2D eigenvalue weighted by molar-refractivity contribution is -0.00483. The molecule has 0 radical (unpaired) electrons. The molecule has 1 unspecified atom stereocenters. The van der Waals surface area contributed by atoms with Crippen LogP contribution in [0.1, 0.15) is 38.8 Å². The molecule has 5 heteroatoms. The lowest BCUT2D eigenvalue weighted by atomic mass is 9.95. The molecule has 2 rings (SSSR count). The molecule has 0 spiro atoms. The van der Waals surface area contributed by atoms with Crippen LogP contribution in [0.5, 0.6) is 0 Å². The smallest absolute Gasteiger partial charge is 0.147 e. The predicted octanol–water partition coefficient (Wildman–Crippen LogP) is 1.98. The normalized spacial score (nSPS) is 23.1. The van der Waals surface area contributed by atoms with Gasteiger partial charge < -0.3 is 15.0 Å². The van der Waals surface area contributed by atoms with Crippen LogP contribution in [0.2, 0.25) is 0 Å². The number of ether oxygens (including phenoxy) is 1. The van der Waals surface area contributed by atoms with Crippen LogP contribution in [0.15, 0.2) is 12.4 Å². The lowest BCUT2D eigenvalue weighted by Crippen LogP contribution is -2.47. The quantitative estimate of drug-likeness (QED) is 0.806. The van der Waals surface area contributed by atoms with Crippen LogP contribution in [0.3, 0.4) is 0 Å². The molecule has 112 valence electrons. The maximum atomic E-state index is 5.64. The van der Waals surface area contributed by atoms with Gasteiger partial charge in [-0.2, -0.15) is 0 Å². The van der Waals surface area contributed by atoms with E-state index in [9.17, 15) is 0 Å². The Morgan fingerprint density at radius 1 is 1.45 bits per heavy atom. The maximum Gasteiger partial charge on any atom is 0.147 e. The first-order valence-electron chi connectivity index (χ1n) is 7.48. The van der Waals surface area contributed by atoms with Crippen molar-refractivity contribution in [2.45, 2.75) is 45.3 Å². The molecule has 1 N–H and O–H groups in total. The molecular weight excluding hydrogens is 252 g/mol. The summed E-state index contributed by atoms with van der Waals surface area (Å²) in [5.41, 5.74) is 0.928. The summed E-state index contributed by atoms with van der Waals surface area (Å²) in [5, 5.41) is 3.36. The number of hydrogen-bond acceptors (Lipinski definition) is 5. The van der Waals surface area contributed by atoms with E-state index in [1.807, 2.05) is 12.4 Å². The SMILES string of the molecule is CCCNCc1cncc(N2CCCC(C)(OC)C2)n1. The number of methoxy groups -OCH3 is 1. The molecular formula is C15H26N4O. The largest absolute Gasteiger partial charge is 0.377 e. The van der Waals surface area contributed by atoms with Crippen LogP contribution in [0.4, 0.5) is 5.82 Å². The second-order valence-electron chi connectivity index (χ2n) is 5.72. The Kier molecular flexibility index (Phi) is 5.31. The molecule has 0 amide bonds. The summed E-state index contributed by atoms with van der Waals surface area (Å²) in [4.78, 5) is 11.3. The second-order valence-corrected chi connectivity index (χ2v) is 5.72. The van der Waals surface area contributed by atoms with Gasteiger partial charge in [-0.25, -0.2) is 4.98 Å². The Labute approximate surface area is 121 Å².